The van der Waals surface area contributed by atoms with E-state index in [1.54, 1.807) is 0 Å². The van der Waals surface area contributed by atoms with Crippen LogP contribution in [0.15, 0.2) is 0 Å². The normalized spacial score (nSPS) is 7.55. The lowest BCUT2D eigenvalue weighted by atomic mass is 10.4. The highest BCUT2D eigenvalue weighted by Gasteiger charge is 1.95. The highest BCUT2D eigenvalue weighted by Crippen LogP contribution is 1.73. The Kier molecular flexibility index (Phi) is 10.2. The van der Waals surface area contributed by atoms with Gasteiger partial charge in [-0.3, -0.25) is 9.59 Å². The smallest absolute Gasteiger partial charge is 0.305 e. The second kappa shape index (κ2) is 8.94. The number of rotatable bonds is 3. The third-order valence-corrected chi connectivity index (χ3v) is 0.713. The van der Waals surface area contributed by atoms with Crippen LogP contribution >= 0.6 is 0 Å². The van der Waals surface area contributed by atoms with E-state index in [2.05, 4.69) is 5.32 Å². The van der Waals surface area contributed by atoms with Crippen LogP contribution in [-0.2, 0) is 9.59 Å². The number of carbonyl (C=O) groups excluding carboxylic acids is 1. The number of aliphatic carboxylic acids is 1. The van der Waals surface area contributed by atoms with Crippen molar-refractivity contribution in [2.24, 2.45) is 0 Å². The molecule has 0 fully saturated rings. The van der Waals surface area contributed by atoms with Crippen LogP contribution in [0, 0.1) is 0 Å². The van der Waals surface area contributed by atoms with Gasteiger partial charge in [0.15, 0.2) is 0 Å². The van der Waals surface area contributed by atoms with E-state index in [9.17, 15) is 9.59 Å². The van der Waals surface area contributed by atoms with Crippen molar-refractivity contribution in [1.29, 1.82) is 0 Å². The van der Waals surface area contributed by atoms with Crippen LogP contribution in [0.4, 0.5) is 0 Å². The zero-order valence-electron chi connectivity index (χ0n) is 7.18. The fourth-order valence-electron chi connectivity index (χ4n) is 0.345. The van der Waals surface area contributed by atoms with Gasteiger partial charge in [-0.1, -0.05) is 13.8 Å². The molecule has 0 radical (unpaired) electrons. The summed E-state index contributed by atoms with van der Waals surface area (Å²) < 4.78 is 0. The molecule has 0 aromatic carbocycles. The van der Waals surface area contributed by atoms with Crippen molar-refractivity contribution in [2.45, 2.75) is 27.2 Å². The summed E-state index contributed by atoms with van der Waals surface area (Å²) in [6, 6.07) is 0. The third-order valence-electron chi connectivity index (χ3n) is 0.713. The molecule has 11 heavy (non-hydrogen) atoms. The van der Waals surface area contributed by atoms with Gasteiger partial charge in [0.25, 0.3) is 0 Å². The quantitative estimate of drug-likeness (QED) is 0.648. The number of hydrogen-bond donors (Lipinski definition) is 2. The molecule has 0 spiro atoms. The van der Waals surface area contributed by atoms with Crippen LogP contribution in [0.1, 0.15) is 28.6 Å². The molecule has 0 saturated carbocycles. The summed E-state index contributed by atoms with van der Waals surface area (Å²) in [6.45, 7) is 5.56. The monoisotopic (exact) mass is 163 g/mol. The van der Waals surface area contributed by atoms with E-state index in [4.69, 9.17) is 5.11 Å². The number of nitrogens with one attached hydrogen (secondary N) is 1. The molecule has 0 aromatic rings. The van der Waals surface area contributed by atoms with Crippen molar-refractivity contribution in [1.82, 2.24) is 5.32 Å². The molecule has 0 rings (SSSR count). The summed E-state index contributed by atoms with van der Waals surface area (Å²) in [5.41, 5.74) is 0. The van der Waals surface area contributed by atoms with Crippen LogP contribution < -0.4 is 5.32 Å². The predicted octanol–water partition coefficient (Wildman–Crippen LogP) is 0.869. The molecule has 0 atom stereocenters. The summed E-state index contributed by atoms with van der Waals surface area (Å²) in [4.78, 5) is 20.0. The molecule has 68 valence electrons. The largest absolute Gasteiger partial charge is 0.481 e. The lowest BCUT2D eigenvalue weighted by Gasteiger charge is -1.95. The molecule has 4 nitrogen and oxygen atoms in total. The maximum atomic E-state index is 10.1. The number of amides is 1. The molecule has 0 aromatic heterocycles. The van der Waals surface area contributed by atoms with E-state index in [1.165, 1.54) is 6.92 Å². The molecule has 0 unspecified atom stereocenters. The fourth-order valence-corrected chi connectivity index (χ4v) is 0.345. The van der Waals surface area contributed by atoms with Crippen molar-refractivity contribution in [3.63, 3.8) is 0 Å². The Hall–Kier alpha value is -1.06. The van der Waals surface area contributed by atoms with E-state index in [-0.39, 0.29) is 20.3 Å². The Balaban J connectivity index is -0.000000249. The lowest BCUT2D eigenvalue weighted by molar-refractivity contribution is -0.136. The lowest BCUT2D eigenvalue weighted by Crippen LogP contribution is -2.22. The molecular weight excluding hydrogens is 146 g/mol. The standard InChI is InChI=1S/C5H9NO3.C2H6.H2/c1-4(7)6-3-2-5(8)9;1-2;/h2-3H2,1H3,(H,6,7)(H,8,9);1-2H3;1H. The van der Waals surface area contributed by atoms with E-state index >= 15 is 0 Å². The topological polar surface area (TPSA) is 66.4 Å². The fraction of sp³-hybridized carbons (Fsp3) is 0.714. The Morgan fingerprint density at radius 3 is 2.18 bits per heavy atom. The first-order valence-electron chi connectivity index (χ1n) is 3.59. The van der Waals surface area contributed by atoms with Crippen molar-refractivity contribution >= 4 is 11.9 Å². The number of hydrogen-bond acceptors (Lipinski definition) is 2. The molecule has 0 aliphatic rings. The number of carboxylic acid groups (broad SMARTS) is 1. The summed E-state index contributed by atoms with van der Waals surface area (Å²) in [7, 11) is 0. The minimum atomic E-state index is -0.899. The average Bonchev–Trinajstić information content (AvgIpc) is 1.90. The van der Waals surface area contributed by atoms with Gasteiger partial charge in [0.2, 0.25) is 5.91 Å². The van der Waals surface area contributed by atoms with E-state index < -0.39 is 5.97 Å². The van der Waals surface area contributed by atoms with Crippen LogP contribution in [-0.4, -0.2) is 23.5 Å². The second-order valence-electron chi connectivity index (χ2n) is 1.63. The van der Waals surface area contributed by atoms with Gasteiger partial charge in [0, 0.05) is 14.9 Å². The Bertz CT molecular complexity index is 114. The van der Waals surface area contributed by atoms with Gasteiger partial charge in [0.1, 0.15) is 0 Å². The minimum absolute atomic E-state index is 0. The molecule has 4 heteroatoms. The van der Waals surface area contributed by atoms with Crippen molar-refractivity contribution in [3.05, 3.63) is 0 Å². The minimum Gasteiger partial charge on any atom is -0.481 e. The van der Waals surface area contributed by atoms with Crippen molar-refractivity contribution in [2.75, 3.05) is 6.54 Å². The Morgan fingerprint density at radius 2 is 1.91 bits per heavy atom. The van der Waals surface area contributed by atoms with Crippen LogP contribution in [0.25, 0.3) is 0 Å². The van der Waals surface area contributed by atoms with Gasteiger partial charge >= 0.3 is 5.97 Å². The van der Waals surface area contributed by atoms with Crippen LogP contribution in [0.3, 0.4) is 0 Å². The first kappa shape index (κ1) is 12.6. The van der Waals surface area contributed by atoms with E-state index in [0.717, 1.165) is 0 Å². The van der Waals surface area contributed by atoms with E-state index in [1.807, 2.05) is 13.8 Å². The maximum absolute atomic E-state index is 10.1. The molecule has 0 bridgehead atoms. The first-order chi connectivity index (χ1) is 5.13. The Morgan fingerprint density at radius 1 is 1.45 bits per heavy atom. The van der Waals surface area contributed by atoms with Gasteiger partial charge in [-0.15, -0.1) is 0 Å². The Labute approximate surface area is 68.1 Å². The predicted molar refractivity (Wildman–Crippen MR) is 44.4 cm³/mol. The zero-order chi connectivity index (χ0) is 9.28. The van der Waals surface area contributed by atoms with Gasteiger partial charge < -0.3 is 10.4 Å². The molecule has 1 amide bonds. The highest BCUT2D eigenvalue weighted by molar-refractivity contribution is 5.74. The molecule has 0 saturated heterocycles. The van der Waals surface area contributed by atoms with Crippen LogP contribution in [0.5, 0.6) is 0 Å². The van der Waals surface area contributed by atoms with Gasteiger partial charge in [-0.25, -0.2) is 0 Å². The van der Waals surface area contributed by atoms with Gasteiger partial charge in [-0.2, -0.15) is 0 Å². The van der Waals surface area contributed by atoms with Crippen molar-refractivity contribution in [3.8, 4) is 0 Å². The third kappa shape index (κ3) is 17.6. The highest BCUT2D eigenvalue weighted by atomic mass is 16.4. The average molecular weight is 163 g/mol. The summed E-state index contributed by atoms with van der Waals surface area (Å²) in [5, 5.41) is 10.4. The van der Waals surface area contributed by atoms with Crippen LogP contribution in [0.2, 0.25) is 0 Å². The summed E-state index contributed by atoms with van der Waals surface area (Å²) in [5.74, 6) is -1.10. The van der Waals surface area contributed by atoms with Gasteiger partial charge in [0.05, 0.1) is 6.42 Å². The van der Waals surface area contributed by atoms with Crippen molar-refractivity contribution < 1.29 is 16.1 Å². The molecule has 0 heterocycles. The number of carboxylic acids is 1. The second-order valence-corrected chi connectivity index (χ2v) is 1.63. The maximum Gasteiger partial charge on any atom is 0.305 e. The molecule has 0 aliphatic heterocycles. The summed E-state index contributed by atoms with van der Waals surface area (Å²) in [6.07, 6.45) is -0.0143. The molecular formula is C7H17NO3. The zero-order valence-corrected chi connectivity index (χ0v) is 7.18. The molecule has 0 aliphatic carbocycles. The van der Waals surface area contributed by atoms with E-state index in [0.29, 0.717) is 0 Å². The van der Waals surface area contributed by atoms with Gasteiger partial charge in [-0.05, 0) is 0 Å². The summed E-state index contributed by atoms with van der Waals surface area (Å²) >= 11 is 0. The SMILES string of the molecule is CC.CC(=O)NCCC(=O)O.[HH]. The molecule has 2 N–H and O–H groups in total. The number of carbonyl (C=O) groups is 2. The first-order valence-corrected chi connectivity index (χ1v) is 3.59.